The van der Waals surface area contributed by atoms with Gasteiger partial charge in [0.1, 0.15) is 10.8 Å². The van der Waals surface area contributed by atoms with Gasteiger partial charge in [0.05, 0.1) is 12.2 Å². The van der Waals surface area contributed by atoms with Gasteiger partial charge in [-0.2, -0.15) is 0 Å². The highest BCUT2D eigenvalue weighted by atomic mass is 127. The summed E-state index contributed by atoms with van der Waals surface area (Å²) < 4.78 is 0. The van der Waals surface area contributed by atoms with E-state index in [2.05, 4.69) is 73.7 Å². The third-order valence-electron chi connectivity index (χ3n) is 5.21. The summed E-state index contributed by atoms with van der Waals surface area (Å²) in [7, 11) is 1.79. The molecule has 0 atom stereocenters. The zero-order valence-electron chi connectivity index (χ0n) is 18.4. The van der Waals surface area contributed by atoms with Gasteiger partial charge in [0, 0.05) is 51.3 Å². The predicted molar refractivity (Wildman–Crippen MR) is 137 cm³/mol. The maximum atomic E-state index is 4.67. The number of hydrogen-bond acceptors (Lipinski definition) is 6. The number of likely N-dealkylation sites (N-methyl/N-ethyl adjacent to an activating group) is 1. The number of pyridine rings is 1. The zero-order chi connectivity index (χ0) is 20.6. The summed E-state index contributed by atoms with van der Waals surface area (Å²) in [4.78, 5) is 18.4. The van der Waals surface area contributed by atoms with Gasteiger partial charge < -0.3 is 20.4 Å². The molecule has 0 aromatic carbocycles. The molecule has 0 bridgehead atoms. The van der Waals surface area contributed by atoms with E-state index in [0.29, 0.717) is 19.0 Å². The fraction of sp³-hybridized carbons (Fsp3) is 0.571. The molecule has 9 heteroatoms. The highest BCUT2D eigenvalue weighted by molar-refractivity contribution is 14.0. The minimum Gasteiger partial charge on any atom is -0.354 e. The Bertz CT molecular complexity index is 800. The number of hydrogen-bond donors (Lipinski definition) is 2. The molecule has 1 saturated heterocycles. The summed E-state index contributed by atoms with van der Waals surface area (Å²) in [6.45, 7) is 13.3. The molecule has 3 heterocycles. The summed E-state index contributed by atoms with van der Waals surface area (Å²) in [6, 6.07) is 4.24. The van der Waals surface area contributed by atoms with Gasteiger partial charge in [-0.05, 0) is 30.2 Å². The molecule has 166 valence electrons. The molecule has 0 amide bonds. The number of piperazine rings is 1. The first kappa shape index (κ1) is 24.8. The number of nitrogens with zero attached hydrogens (tertiary/aromatic N) is 5. The minimum atomic E-state index is 0. The number of aliphatic imine (C=N–C) groups is 1. The van der Waals surface area contributed by atoms with Crippen molar-refractivity contribution in [2.45, 2.75) is 39.8 Å². The van der Waals surface area contributed by atoms with Crippen molar-refractivity contribution in [2.75, 3.05) is 44.7 Å². The Kier molecular flexibility index (Phi) is 10.3. The van der Waals surface area contributed by atoms with Gasteiger partial charge in [-0.1, -0.05) is 20.8 Å². The summed E-state index contributed by atoms with van der Waals surface area (Å²) >= 11 is 1.69. The molecular formula is C21H34IN7S. The maximum absolute atomic E-state index is 4.67. The lowest BCUT2D eigenvalue weighted by molar-refractivity contribution is 0.270. The van der Waals surface area contributed by atoms with E-state index in [1.165, 1.54) is 5.56 Å². The smallest absolute Gasteiger partial charge is 0.191 e. The van der Waals surface area contributed by atoms with Crippen LogP contribution in [0.3, 0.4) is 0 Å². The lowest BCUT2D eigenvalue weighted by atomic mass is 10.2. The third kappa shape index (κ3) is 7.05. The van der Waals surface area contributed by atoms with E-state index in [4.69, 9.17) is 0 Å². The van der Waals surface area contributed by atoms with Gasteiger partial charge in [-0.25, -0.2) is 9.97 Å². The summed E-state index contributed by atoms with van der Waals surface area (Å²) in [6.07, 6.45) is 1.90. The number of rotatable bonds is 7. The monoisotopic (exact) mass is 543 g/mol. The fourth-order valence-electron chi connectivity index (χ4n) is 3.27. The Morgan fingerprint density at radius 2 is 1.93 bits per heavy atom. The van der Waals surface area contributed by atoms with E-state index >= 15 is 0 Å². The molecule has 1 fully saturated rings. The first-order chi connectivity index (χ1) is 14.1. The van der Waals surface area contributed by atoms with E-state index in [-0.39, 0.29) is 24.0 Å². The molecule has 7 nitrogen and oxygen atoms in total. The Balaban J connectivity index is 0.00000320. The molecule has 0 radical (unpaired) electrons. The number of aromatic nitrogens is 2. The van der Waals surface area contributed by atoms with E-state index in [0.717, 1.165) is 55.2 Å². The quantitative estimate of drug-likeness (QED) is 0.318. The summed E-state index contributed by atoms with van der Waals surface area (Å²) in [5.41, 5.74) is 2.35. The van der Waals surface area contributed by atoms with Crippen molar-refractivity contribution in [1.29, 1.82) is 0 Å². The van der Waals surface area contributed by atoms with Crippen molar-refractivity contribution >= 4 is 47.1 Å². The molecule has 2 aromatic heterocycles. The third-order valence-corrected chi connectivity index (χ3v) is 6.07. The Morgan fingerprint density at radius 1 is 1.20 bits per heavy atom. The van der Waals surface area contributed by atoms with E-state index < -0.39 is 0 Å². The van der Waals surface area contributed by atoms with E-state index in [1.807, 2.05) is 6.20 Å². The summed E-state index contributed by atoms with van der Waals surface area (Å²) in [5.74, 6) is 2.30. The zero-order valence-corrected chi connectivity index (χ0v) is 21.5. The second-order valence-electron chi connectivity index (χ2n) is 7.54. The average molecular weight is 544 g/mol. The second kappa shape index (κ2) is 12.4. The fourth-order valence-corrected chi connectivity index (χ4v) is 4.17. The van der Waals surface area contributed by atoms with Gasteiger partial charge in [0.2, 0.25) is 0 Å². The first-order valence-electron chi connectivity index (χ1n) is 10.4. The van der Waals surface area contributed by atoms with Gasteiger partial charge in [-0.3, -0.25) is 4.99 Å². The SMILES string of the molecule is CCN1CCN(c2cc(CNC(=NC)NCc3nc(C(C)C)cs3)ccn2)CC1.I. The Hall–Kier alpha value is -1.46. The minimum absolute atomic E-state index is 0. The van der Waals surface area contributed by atoms with Crippen molar-refractivity contribution in [1.82, 2.24) is 25.5 Å². The molecule has 1 aliphatic heterocycles. The molecule has 0 unspecified atom stereocenters. The van der Waals surface area contributed by atoms with Crippen molar-refractivity contribution < 1.29 is 0 Å². The van der Waals surface area contributed by atoms with E-state index in [1.54, 1.807) is 18.4 Å². The van der Waals surface area contributed by atoms with E-state index in [9.17, 15) is 0 Å². The topological polar surface area (TPSA) is 68.7 Å². The number of anilines is 1. The standard InChI is InChI=1S/C21H33N7S.HI/c1-5-27-8-10-28(11-9-27)19-12-17(6-7-23-19)13-24-21(22-4)25-14-20-26-18(15-29-20)16(2)3;/h6-7,12,15-16H,5,8-11,13-14H2,1-4H3,(H2,22,24,25);1H. The molecular weight excluding hydrogens is 509 g/mol. The lowest BCUT2D eigenvalue weighted by Crippen LogP contribution is -2.46. The van der Waals surface area contributed by atoms with Gasteiger partial charge in [0.25, 0.3) is 0 Å². The molecule has 0 saturated carbocycles. The second-order valence-corrected chi connectivity index (χ2v) is 8.49. The van der Waals surface area contributed by atoms with Gasteiger partial charge in [0.15, 0.2) is 5.96 Å². The normalized spacial score (nSPS) is 15.2. The Labute approximate surface area is 201 Å². The molecule has 1 aliphatic rings. The number of nitrogens with one attached hydrogen (secondary N) is 2. The molecule has 3 rings (SSSR count). The largest absolute Gasteiger partial charge is 0.354 e. The van der Waals surface area contributed by atoms with Crippen LogP contribution in [-0.4, -0.2) is 60.6 Å². The highest BCUT2D eigenvalue weighted by Crippen LogP contribution is 2.17. The Morgan fingerprint density at radius 3 is 2.57 bits per heavy atom. The van der Waals surface area contributed by atoms with Crippen LogP contribution >= 0.6 is 35.3 Å². The van der Waals surface area contributed by atoms with Gasteiger partial charge in [-0.15, -0.1) is 35.3 Å². The van der Waals surface area contributed by atoms with Crippen molar-refractivity contribution in [3.05, 3.63) is 40.0 Å². The molecule has 2 aromatic rings. The van der Waals surface area contributed by atoms with Crippen LogP contribution in [-0.2, 0) is 13.1 Å². The van der Waals surface area contributed by atoms with Crippen LogP contribution < -0.4 is 15.5 Å². The summed E-state index contributed by atoms with van der Waals surface area (Å²) in [5, 5.41) is 9.96. The molecule has 30 heavy (non-hydrogen) atoms. The lowest BCUT2D eigenvalue weighted by Gasteiger charge is -2.34. The van der Waals surface area contributed by atoms with Crippen LogP contribution in [0.1, 0.15) is 43.0 Å². The van der Waals surface area contributed by atoms with Crippen molar-refractivity contribution in [3.8, 4) is 0 Å². The van der Waals surface area contributed by atoms with Crippen LogP contribution in [0.25, 0.3) is 0 Å². The predicted octanol–water partition coefficient (Wildman–Crippen LogP) is 3.29. The first-order valence-corrected chi connectivity index (χ1v) is 11.3. The van der Waals surface area contributed by atoms with Crippen LogP contribution in [0.5, 0.6) is 0 Å². The highest BCUT2D eigenvalue weighted by Gasteiger charge is 2.16. The molecule has 0 spiro atoms. The number of guanidine groups is 1. The maximum Gasteiger partial charge on any atom is 0.191 e. The van der Waals surface area contributed by atoms with Crippen molar-refractivity contribution in [2.24, 2.45) is 4.99 Å². The van der Waals surface area contributed by atoms with Crippen LogP contribution in [0.2, 0.25) is 0 Å². The average Bonchev–Trinajstić information content (AvgIpc) is 3.24. The number of halogens is 1. The number of thiazole rings is 1. The van der Waals surface area contributed by atoms with Crippen LogP contribution in [0.15, 0.2) is 28.7 Å². The van der Waals surface area contributed by atoms with Crippen LogP contribution in [0.4, 0.5) is 5.82 Å². The molecule has 2 N–H and O–H groups in total. The van der Waals surface area contributed by atoms with Gasteiger partial charge >= 0.3 is 0 Å². The van der Waals surface area contributed by atoms with Crippen LogP contribution in [0, 0.1) is 0 Å². The van der Waals surface area contributed by atoms with Crippen molar-refractivity contribution in [3.63, 3.8) is 0 Å². The molecule has 0 aliphatic carbocycles.